The van der Waals surface area contributed by atoms with E-state index in [0.29, 0.717) is 0 Å². The first-order valence-electron chi connectivity index (χ1n) is 6.50. The zero-order chi connectivity index (χ0) is 12.3. The lowest BCUT2D eigenvalue weighted by Crippen LogP contribution is -2.49. The van der Waals surface area contributed by atoms with Crippen LogP contribution < -0.4 is 5.32 Å². The van der Waals surface area contributed by atoms with Gasteiger partial charge in [0.25, 0.3) is 0 Å². The second-order valence-electron chi connectivity index (χ2n) is 5.23. The summed E-state index contributed by atoms with van der Waals surface area (Å²) >= 11 is 0. The Labute approximate surface area is 103 Å². The average molecular weight is 237 g/mol. The Morgan fingerprint density at radius 3 is 2.65 bits per heavy atom. The van der Waals surface area contributed by atoms with Crippen molar-refractivity contribution in [3.8, 4) is 0 Å². The number of aromatic nitrogens is 2. The monoisotopic (exact) mass is 237 g/mol. The Hall–Kier alpha value is -0.870. The van der Waals surface area contributed by atoms with E-state index in [1.54, 1.807) is 0 Å². The minimum Gasteiger partial charge on any atom is -0.394 e. The van der Waals surface area contributed by atoms with E-state index in [2.05, 4.69) is 17.3 Å². The predicted molar refractivity (Wildman–Crippen MR) is 67.7 cm³/mol. The number of aliphatic hydroxyl groups excluding tert-OH is 1. The molecule has 1 aromatic rings. The van der Waals surface area contributed by atoms with Gasteiger partial charge < -0.3 is 10.4 Å². The molecule has 0 radical (unpaired) electrons. The number of rotatable bonds is 4. The quantitative estimate of drug-likeness (QED) is 0.834. The Morgan fingerprint density at radius 1 is 1.41 bits per heavy atom. The molecule has 0 spiro atoms. The van der Waals surface area contributed by atoms with Crippen molar-refractivity contribution >= 4 is 0 Å². The minimum atomic E-state index is -0.0550. The molecule has 1 fully saturated rings. The Bertz CT molecular complexity index is 367. The van der Waals surface area contributed by atoms with Crippen molar-refractivity contribution < 1.29 is 5.11 Å². The summed E-state index contributed by atoms with van der Waals surface area (Å²) in [5.74, 6) is 0. The molecule has 0 aliphatic heterocycles. The van der Waals surface area contributed by atoms with Crippen LogP contribution in [0.5, 0.6) is 0 Å². The molecule has 0 atom stereocenters. The summed E-state index contributed by atoms with van der Waals surface area (Å²) in [4.78, 5) is 0. The van der Waals surface area contributed by atoms with Crippen molar-refractivity contribution in [2.75, 3.05) is 6.61 Å². The first-order chi connectivity index (χ1) is 8.17. The molecular formula is C13H23N3O. The highest BCUT2D eigenvalue weighted by molar-refractivity contribution is 5.16. The van der Waals surface area contributed by atoms with Crippen molar-refractivity contribution in [2.45, 2.75) is 51.1 Å². The van der Waals surface area contributed by atoms with Gasteiger partial charge in [0.2, 0.25) is 0 Å². The molecule has 4 heteroatoms. The second-order valence-corrected chi connectivity index (χ2v) is 5.23. The Kier molecular flexibility index (Phi) is 3.84. The van der Waals surface area contributed by atoms with E-state index in [0.717, 1.165) is 19.4 Å². The van der Waals surface area contributed by atoms with Gasteiger partial charge in [0.1, 0.15) is 0 Å². The van der Waals surface area contributed by atoms with Crippen molar-refractivity contribution in [2.24, 2.45) is 7.05 Å². The maximum Gasteiger partial charge on any atom is 0.0613 e. The van der Waals surface area contributed by atoms with Gasteiger partial charge in [-0.15, -0.1) is 0 Å². The van der Waals surface area contributed by atoms with Crippen LogP contribution in [0.1, 0.15) is 43.4 Å². The molecule has 0 aromatic carbocycles. The fourth-order valence-electron chi connectivity index (χ4n) is 2.62. The van der Waals surface area contributed by atoms with Crippen molar-refractivity contribution in [3.05, 3.63) is 17.5 Å². The highest BCUT2D eigenvalue weighted by Gasteiger charge is 2.30. The molecule has 1 heterocycles. The molecule has 1 saturated carbocycles. The van der Waals surface area contributed by atoms with Crippen molar-refractivity contribution in [3.63, 3.8) is 0 Å². The Morgan fingerprint density at radius 2 is 2.12 bits per heavy atom. The summed E-state index contributed by atoms with van der Waals surface area (Å²) in [6, 6.07) is 0. The molecule has 17 heavy (non-hydrogen) atoms. The normalized spacial score (nSPS) is 19.5. The summed E-state index contributed by atoms with van der Waals surface area (Å²) < 4.78 is 1.89. The number of aryl methyl sites for hydroxylation is 1. The maximum absolute atomic E-state index is 9.61. The van der Waals surface area contributed by atoms with Gasteiger partial charge in [-0.1, -0.05) is 19.3 Å². The topological polar surface area (TPSA) is 50.1 Å². The zero-order valence-electron chi connectivity index (χ0n) is 10.9. The molecule has 4 nitrogen and oxygen atoms in total. The standard InChI is InChI=1S/C13H23N3O/c1-11-12(9-15-16(11)2)8-14-13(10-17)6-4-3-5-7-13/h9,14,17H,3-8,10H2,1-2H3. The van der Waals surface area contributed by atoms with E-state index in [1.807, 2.05) is 17.9 Å². The highest BCUT2D eigenvalue weighted by atomic mass is 16.3. The van der Waals surface area contributed by atoms with E-state index in [4.69, 9.17) is 0 Å². The second kappa shape index (κ2) is 5.19. The summed E-state index contributed by atoms with van der Waals surface area (Å²) in [5, 5.41) is 17.4. The van der Waals surface area contributed by atoms with Crippen LogP contribution in [0.15, 0.2) is 6.20 Å². The molecular weight excluding hydrogens is 214 g/mol. The number of nitrogens with zero attached hydrogens (tertiary/aromatic N) is 2. The summed E-state index contributed by atoms with van der Waals surface area (Å²) in [6.07, 6.45) is 7.83. The molecule has 0 amide bonds. The fourth-order valence-corrected chi connectivity index (χ4v) is 2.62. The number of aliphatic hydroxyl groups is 1. The fraction of sp³-hybridized carbons (Fsp3) is 0.769. The van der Waals surface area contributed by atoms with E-state index in [9.17, 15) is 5.11 Å². The van der Waals surface area contributed by atoms with Gasteiger partial charge in [0, 0.05) is 30.4 Å². The van der Waals surface area contributed by atoms with Crippen LogP contribution in [0.25, 0.3) is 0 Å². The molecule has 2 rings (SSSR count). The van der Waals surface area contributed by atoms with Crippen LogP contribution >= 0.6 is 0 Å². The lowest BCUT2D eigenvalue weighted by Gasteiger charge is -2.36. The average Bonchev–Trinajstić information content (AvgIpc) is 2.69. The van der Waals surface area contributed by atoms with Crippen LogP contribution in [-0.4, -0.2) is 27.0 Å². The van der Waals surface area contributed by atoms with Crippen LogP contribution in [0.3, 0.4) is 0 Å². The van der Waals surface area contributed by atoms with Crippen LogP contribution in [0.2, 0.25) is 0 Å². The molecule has 96 valence electrons. The maximum atomic E-state index is 9.61. The highest BCUT2D eigenvalue weighted by Crippen LogP contribution is 2.28. The van der Waals surface area contributed by atoms with Crippen molar-refractivity contribution in [1.29, 1.82) is 0 Å². The van der Waals surface area contributed by atoms with Crippen molar-refractivity contribution in [1.82, 2.24) is 15.1 Å². The molecule has 1 aromatic heterocycles. The SMILES string of the molecule is Cc1c(CNC2(CO)CCCCC2)cnn1C. The van der Waals surface area contributed by atoms with Gasteiger partial charge in [-0.2, -0.15) is 5.10 Å². The lowest BCUT2D eigenvalue weighted by molar-refractivity contribution is 0.119. The van der Waals surface area contributed by atoms with Gasteiger partial charge in [-0.25, -0.2) is 0 Å². The molecule has 1 aliphatic rings. The molecule has 1 aliphatic carbocycles. The third kappa shape index (κ3) is 2.69. The van der Waals surface area contributed by atoms with Gasteiger partial charge in [0.15, 0.2) is 0 Å². The smallest absolute Gasteiger partial charge is 0.0613 e. The van der Waals surface area contributed by atoms with E-state index < -0.39 is 0 Å². The number of nitrogens with one attached hydrogen (secondary N) is 1. The summed E-state index contributed by atoms with van der Waals surface area (Å²) in [5.41, 5.74) is 2.37. The summed E-state index contributed by atoms with van der Waals surface area (Å²) in [7, 11) is 1.96. The Balaban J connectivity index is 1.98. The largest absolute Gasteiger partial charge is 0.394 e. The van der Waals surface area contributed by atoms with E-state index in [1.165, 1.54) is 30.5 Å². The third-order valence-corrected chi connectivity index (χ3v) is 4.10. The molecule has 0 unspecified atom stereocenters. The first kappa shape index (κ1) is 12.6. The molecule has 0 saturated heterocycles. The van der Waals surface area contributed by atoms with E-state index in [-0.39, 0.29) is 12.1 Å². The van der Waals surface area contributed by atoms with Gasteiger partial charge >= 0.3 is 0 Å². The third-order valence-electron chi connectivity index (χ3n) is 4.10. The summed E-state index contributed by atoms with van der Waals surface area (Å²) in [6.45, 7) is 3.13. The van der Waals surface area contributed by atoms with E-state index >= 15 is 0 Å². The van der Waals surface area contributed by atoms with Gasteiger partial charge in [-0.3, -0.25) is 4.68 Å². The first-order valence-corrected chi connectivity index (χ1v) is 6.50. The number of hydrogen-bond donors (Lipinski definition) is 2. The molecule has 0 bridgehead atoms. The van der Waals surface area contributed by atoms with Crippen LogP contribution in [0.4, 0.5) is 0 Å². The number of hydrogen-bond acceptors (Lipinski definition) is 3. The van der Waals surface area contributed by atoms with Crippen LogP contribution in [-0.2, 0) is 13.6 Å². The zero-order valence-corrected chi connectivity index (χ0v) is 10.9. The molecule has 2 N–H and O–H groups in total. The van der Waals surface area contributed by atoms with Crippen LogP contribution in [0, 0.1) is 6.92 Å². The van der Waals surface area contributed by atoms with Gasteiger partial charge in [0.05, 0.1) is 12.8 Å². The predicted octanol–water partition coefficient (Wildman–Crippen LogP) is 1.51. The minimum absolute atomic E-state index is 0.0550. The lowest BCUT2D eigenvalue weighted by atomic mass is 9.82. The van der Waals surface area contributed by atoms with Gasteiger partial charge in [-0.05, 0) is 19.8 Å².